The minimum atomic E-state index is -0.0647. The van der Waals surface area contributed by atoms with Crippen molar-refractivity contribution < 1.29 is 9.53 Å². The highest BCUT2D eigenvalue weighted by Crippen LogP contribution is 2.32. The van der Waals surface area contributed by atoms with Crippen LogP contribution < -0.4 is 10.1 Å². The molecule has 0 radical (unpaired) electrons. The summed E-state index contributed by atoms with van der Waals surface area (Å²) in [6, 6.07) is 17.5. The monoisotopic (exact) mass is 436 g/mol. The molecule has 1 fully saturated rings. The molecule has 1 saturated carbocycles. The molecule has 162 valence electrons. The number of benzene rings is 2. The fraction of sp³-hybridized carbons (Fsp3) is 0.375. The van der Waals surface area contributed by atoms with Crippen LogP contribution in [-0.4, -0.2) is 26.4 Å². The van der Waals surface area contributed by atoms with Crippen molar-refractivity contribution in [3.63, 3.8) is 0 Å². The van der Waals surface area contributed by atoms with Gasteiger partial charge in [0.15, 0.2) is 5.16 Å². The maximum absolute atomic E-state index is 12.4. The van der Waals surface area contributed by atoms with Gasteiger partial charge in [-0.3, -0.25) is 4.79 Å². The lowest BCUT2D eigenvalue weighted by Gasteiger charge is -2.20. The number of carbonyl (C=O) groups excluding carboxylic acids is 1. The van der Waals surface area contributed by atoms with E-state index in [0.29, 0.717) is 18.3 Å². The lowest BCUT2D eigenvalue weighted by Crippen LogP contribution is -2.15. The first-order valence-electron chi connectivity index (χ1n) is 10.8. The van der Waals surface area contributed by atoms with Gasteiger partial charge in [-0.1, -0.05) is 61.4 Å². The van der Waals surface area contributed by atoms with Crippen LogP contribution in [0.5, 0.6) is 5.75 Å². The van der Waals surface area contributed by atoms with Gasteiger partial charge in [-0.25, -0.2) is 0 Å². The van der Waals surface area contributed by atoms with Crippen molar-refractivity contribution in [1.82, 2.24) is 14.8 Å². The molecule has 0 bridgehead atoms. The molecule has 1 aromatic heterocycles. The van der Waals surface area contributed by atoms with Crippen molar-refractivity contribution in [1.29, 1.82) is 0 Å². The molecule has 1 N–H and O–H groups in total. The zero-order chi connectivity index (χ0) is 21.5. The van der Waals surface area contributed by atoms with Gasteiger partial charge in [0.1, 0.15) is 18.2 Å². The fourth-order valence-electron chi connectivity index (χ4n) is 3.87. The van der Waals surface area contributed by atoms with Crippen molar-refractivity contribution in [2.24, 2.45) is 7.05 Å². The van der Waals surface area contributed by atoms with E-state index in [2.05, 4.69) is 15.5 Å². The van der Waals surface area contributed by atoms with Gasteiger partial charge in [0.2, 0.25) is 5.91 Å². The molecule has 31 heavy (non-hydrogen) atoms. The Kier molecular flexibility index (Phi) is 7.25. The van der Waals surface area contributed by atoms with Gasteiger partial charge in [-0.15, -0.1) is 10.2 Å². The second-order valence-corrected chi connectivity index (χ2v) is 8.81. The first kappa shape index (κ1) is 21.4. The van der Waals surface area contributed by atoms with Gasteiger partial charge < -0.3 is 14.6 Å². The number of carbonyl (C=O) groups is 1. The molecule has 1 aliphatic rings. The van der Waals surface area contributed by atoms with Crippen LogP contribution in [0.1, 0.15) is 49.4 Å². The smallest absolute Gasteiger partial charge is 0.234 e. The topological polar surface area (TPSA) is 69.0 Å². The molecule has 2 aromatic carbocycles. The summed E-state index contributed by atoms with van der Waals surface area (Å²) in [7, 11) is 2.00. The summed E-state index contributed by atoms with van der Waals surface area (Å²) in [6.45, 7) is 0.518. The number of rotatable bonds is 8. The first-order valence-corrected chi connectivity index (χ1v) is 11.8. The van der Waals surface area contributed by atoms with Crippen LogP contribution in [0.3, 0.4) is 0 Å². The molecule has 4 rings (SSSR count). The van der Waals surface area contributed by atoms with Crippen molar-refractivity contribution in [3.05, 3.63) is 66.0 Å². The third-order valence-electron chi connectivity index (χ3n) is 5.56. The van der Waals surface area contributed by atoms with E-state index in [1.807, 2.05) is 66.2 Å². The van der Waals surface area contributed by atoms with Gasteiger partial charge in [0.05, 0.1) is 5.75 Å². The highest BCUT2D eigenvalue weighted by molar-refractivity contribution is 7.99. The minimum absolute atomic E-state index is 0.0647. The zero-order valence-electron chi connectivity index (χ0n) is 17.8. The average molecular weight is 437 g/mol. The number of nitrogens with zero attached hydrogens (tertiary/aromatic N) is 3. The highest BCUT2D eigenvalue weighted by atomic mass is 32.2. The third kappa shape index (κ3) is 5.88. The van der Waals surface area contributed by atoms with Gasteiger partial charge in [-0.05, 0) is 42.7 Å². The van der Waals surface area contributed by atoms with E-state index in [1.165, 1.54) is 43.9 Å². The Morgan fingerprint density at radius 2 is 1.81 bits per heavy atom. The quantitative estimate of drug-likeness (QED) is 0.493. The lowest BCUT2D eigenvalue weighted by atomic mass is 9.89. The molecule has 0 unspecified atom stereocenters. The van der Waals surface area contributed by atoms with Crippen LogP contribution in [-0.2, 0) is 18.4 Å². The second-order valence-electron chi connectivity index (χ2n) is 7.87. The lowest BCUT2D eigenvalue weighted by molar-refractivity contribution is -0.113. The van der Waals surface area contributed by atoms with E-state index in [4.69, 9.17) is 4.74 Å². The van der Waals surface area contributed by atoms with Crippen molar-refractivity contribution in [2.45, 2.75) is 49.8 Å². The summed E-state index contributed by atoms with van der Waals surface area (Å²) < 4.78 is 7.84. The van der Waals surface area contributed by atoms with Gasteiger partial charge in [0, 0.05) is 18.7 Å². The molecular formula is C24H28N4O2S. The minimum Gasteiger partial charge on any atom is -0.489 e. The molecule has 3 aromatic rings. The standard InChI is InChI=1S/C24H28N4O2S/c1-28-23(19-10-6-3-7-11-19)26-27-24(28)31-17-22(29)25-20-12-14-21(15-13-20)30-16-18-8-4-2-5-9-18/h2,4-5,8-9,12-15,19H,3,6-7,10-11,16-17H2,1H3,(H,25,29). The Morgan fingerprint density at radius 1 is 1.06 bits per heavy atom. The van der Waals surface area contributed by atoms with E-state index < -0.39 is 0 Å². The number of hydrogen-bond donors (Lipinski definition) is 1. The summed E-state index contributed by atoms with van der Waals surface area (Å²) in [5.74, 6) is 2.55. The number of amides is 1. The number of aromatic nitrogens is 3. The molecule has 6 nitrogen and oxygen atoms in total. The van der Waals surface area contributed by atoms with E-state index in [-0.39, 0.29) is 5.91 Å². The zero-order valence-corrected chi connectivity index (χ0v) is 18.6. The molecule has 1 heterocycles. The third-order valence-corrected chi connectivity index (χ3v) is 6.58. The molecule has 0 aliphatic heterocycles. The molecule has 0 spiro atoms. The Balaban J connectivity index is 1.25. The summed E-state index contributed by atoms with van der Waals surface area (Å²) >= 11 is 1.42. The summed E-state index contributed by atoms with van der Waals surface area (Å²) in [4.78, 5) is 12.4. The van der Waals surface area contributed by atoms with E-state index in [9.17, 15) is 4.79 Å². The van der Waals surface area contributed by atoms with Crippen molar-refractivity contribution in [2.75, 3.05) is 11.1 Å². The number of nitrogens with one attached hydrogen (secondary N) is 1. The molecule has 0 saturated heterocycles. The molecular weight excluding hydrogens is 408 g/mol. The molecule has 7 heteroatoms. The summed E-state index contributed by atoms with van der Waals surface area (Å²) in [6.07, 6.45) is 6.21. The number of thioether (sulfide) groups is 1. The molecule has 0 atom stereocenters. The number of anilines is 1. The Labute approximate surface area is 187 Å². The SMILES string of the molecule is Cn1c(SCC(=O)Nc2ccc(OCc3ccccc3)cc2)nnc1C1CCCCC1. The van der Waals surface area contributed by atoms with Crippen molar-refractivity contribution >= 4 is 23.4 Å². The largest absolute Gasteiger partial charge is 0.489 e. The average Bonchev–Trinajstić information content (AvgIpc) is 3.19. The van der Waals surface area contributed by atoms with Crippen LogP contribution in [0.15, 0.2) is 59.8 Å². The van der Waals surface area contributed by atoms with E-state index in [1.54, 1.807) is 0 Å². The van der Waals surface area contributed by atoms with Gasteiger partial charge in [0.25, 0.3) is 0 Å². The second kappa shape index (κ2) is 10.5. The fourth-order valence-corrected chi connectivity index (χ4v) is 4.59. The molecule has 1 amide bonds. The maximum Gasteiger partial charge on any atom is 0.234 e. The normalized spacial score (nSPS) is 14.4. The van der Waals surface area contributed by atoms with Crippen LogP contribution >= 0.6 is 11.8 Å². The van der Waals surface area contributed by atoms with Crippen LogP contribution in [0, 0.1) is 0 Å². The Hall–Kier alpha value is -2.80. The Morgan fingerprint density at radius 3 is 2.55 bits per heavy atom. The van der Waals surface area contributed by atoms with Crippen LogP contribution in [0.25, 0.3) is 0 Å². The van der Waals surface area contributed by atoms with Crippen LogP contribution in [0.2, 0.25) is 0 Å². The summed E-state index contributed by atoms with van der Waals surface area (Å²) in [5.41, 5.74) is 1.87. The maximum atomic E-state index is 12.4. The first-order chi connectivity index (χ1) is 15.2. The number of hydrogen-bond acceptors (Lipinski definition) is 5. The predicted molar refractivity (Wildman–Crippen MR) is 123 cm³/mol. The molecule has 1 aliphatic carbocycles. The van der Waals surface area contributed by atoms with Gasteiger partial charge >= 0.3 is 0 Å². The predicted octanol–water partition coefficient (Wildman–Crippen LogP) is 5.17. The van der Waals surface area contributed by atoms with Gasteiger partial charge in [-0.2, -0.15) is 0 Å². The Bertz CT molecular complexity index is 983. The van der Waals surface area contributed by atoms with E-state index >= 15 is 0 Å². The van der Waals surface area contributed by atoms with Crippen LogP contribution in [0.4, 0.5) is 5.69 Å². The summed E-state index contributed by atoms with van der Waals surface area (Å²) in [5, 5.41) is 12.4. The van der Waals surface area contributed by atoms with Crippen molar-refractivity contribution in [3.8, 4) is 5.75 Å². The highest BCUT2D eigenvalue weighted by Gasteiger charge is 2.22. The number of ether oxygens (including phenoxy) is 1. The van der Waals surface area contributed by atoms with E-state index in [0.717, 1.165) is 28.0 Å².